The van der Waals surface area contributed by atoms with Gasteiger partial charge < -0.3 is 24.4 Å². The van der Waals surface area contributed by atoms with E-state index in [-0.39, 0.29) is 12.0 Å². The van der Waals surface area contributed by atoms with Crippen molar-refractivity contribution in [1.29, 1.82) is 0 Å². The Morgan fingerprint density at radius 3 is 2.68 bits per heavy atom. The summed E-state index contributed by atoms with van der Waals surface area (Å²) >= 11 is 0. The molecule has 0 heterocycles. The van der Waals surface area contributed by atoms with Crippen molar-refractivity contribution in [2.45, 2.75) is 76.8 Å². The molecule has 0 radical (unpaired) electrons. The smallest absolute Gasteiger partial charge is 0.363 e. The molecule has 0 spiro atoms. The molecule has 2 aliphatic carbocycles. The molecule has 2 rings (SSSR count). The Balaban J connectivity index is 1.78. The van der Waals surface area contributed by atoms with E-state index in [0.717, 1.165) is 51.4 Å². The van der Waals surface area contributed by atoms with Gasteiger partial charge in [0.25, 0.3) is 6.29 Å². The van der Waals surface area contributed by atoms with Gasteiger partial charge in [0.15, 0.2) is 0 Å². The quantitative estimate of drug-likeness (QED) is 0.227. The van der Waals surface area contributed by atoms with Gasteiger partial charge in [0.2, 0.25) is 0 Å². The molecule has 0 amide bonds. The average Bonchev–Trinajstić information content (AvgIpc) is 3.19. The van der Waals surface area contributed by atoms with Gasteiger partial charge in [0.05, 0.1) is 25.9 Å². The number of hydrogen-bond acceptors (Lipinski definition) is 6. The maximum absolute atomic E-state index is 11.5. The van der Waals surface area contributed by atoms with Crippen LogP contribution in [0.15, 0.2) is 12.2 Å². The number of fused-ring (bicyclic) bond motifs is 1. The van der Waals surface area contributed by atoms with Crippen LogP contribution < -0.4 is 0 Å². The third-order valence-electron chi connectivity index (χ3n) is 6.39. The summed E-state index contributed by atoms with van der Waals surface area (Å²) < 4.78 is 15.2. The highest BCUT2D eigenvalue weighted by atomic mass is 16.7. The SMILES string of the molecule is CCCCCC(O)C=C[C@H]1[C@@H]2CC(CCOC(OC)C(=O)OC)C[C@H]2C[C@@H]1O. The van der Waals surface area contributed by atoms with Crippen LogP contribution in [0.4, 0.5) is 0 Å². The molecule has 2 fully saturated rings. The van der Waals surface area contributed by atoms with E-state index in [1.807, 2.05) is 6.08 Å². The number of carbonyl (C=O) groups excluding carboxylic acids is 1. The van der Waals surface area contributed by atoms with Crippen LogP contribution in [-0.2, 0) is 19.0 Å². The van der Waals surface area contributed by atoms with E-state index in [1.165, 1.54) is 14.2 Å². The molecule has 0 bridgehead atoms. The van der Waals surface area contributed by atoms with E-state index >= 15 is 0 Å². The second-order valence-electron chi connectivity index (χ2n) is 8.34. The molecule has 2 N–H and O–H groups in total. The van der Waals surface area contributed by atoms with Crippen molar-refractivity contribution in [1.82, 2.24) is 0 Å². The predicted molar refractivity (Wildman–Crippen MR) is 106 cm³/mol. The van der Waals surface area contributed by atoms with E-state index in [9.17, 15) is 15.0 Å². The van der Waals surface area contributed by atoms with Crippen LogP contribution >= 0.6 is 0 Å². The van der Waals surface area contributed by atoms with Crippen LogP contribution in [0.1, 0.15) is 58.3 Å². The average molecular weight is 399 g/mol. The van der Waals surface area contributed by atoms with Crippen LogP contribution in [0.25, 0.3) is 0 Å². The van der Waals surface area contributed by atoms with Gasteiger partial charge in [-0.05, 0) is 49.9 Å². The first-order valence-electron chi connectivity index (χ1n) is 10.8. The number of methoxy groups -OCH3 is 2. The summed E-state index contributed by atoms with van der Waals surface area (Å²) in [5, 5.41) is 20.6. The van der Waals surface area contributed by atoms with Gasteiger partial charge in [-0.2, -0.15) is 0 Å². The maximum Gasteiger partial charge on any atom is 0.363 e. The molecule has 162 valence electrons. The third-order valence-corrected chi connectivity index (χ3v) is 6.39. The van der Waals surface area contributed by atoms with Gasteiger partial charge in [-0.15, -0.1) is 0 Å². The molecular weight excluding hydrogens is 360 g/mol. The zero-order valence-electron chi connectivity index (χ0n) is 17.6. The minimum atomic E-state index is -0.961. The van der Waals surface area contributed by atoms with Gasteiger partial charge in [0.1, 0.15) is 0 Å². The number of aliphatic hydroxyl groups excluding tert-OH is 2. The van der Waals surface area contributed by atoms with Gasteiger partial charge >= 0.3 is 5.97 Å². The van der Waals surface area contributed by atoms with Crippen LogP contribution in [0, 0.1) is 23.7 Å². The first-order chi connectivity index (χ1) is 13.5. The third kappa shape index (κ3) is 6.55. The molecule has 0 aromatic heterocycles. The van der Waals surface area contributed by atoms with Crippen molar-refractivity contribution >= 4 is 5.97 Å². The number of hydrogen-bond donors (Lipinski definition) is 2. The Morgan fingerprint density at radius 1 is 1.21 bits per heavy atom. The van der Waals surface area contributed by atoms with Crippen LogP contribution in [0.3, 0.4) is 0 Å². The van der Waals surface area contributed by atoms with E-state index in [2.05, 4.69) is 17.7 Å². The first kappa shape index (κ1) is 23.3. The van der Waals surface area contributed by atoms with Crippen molar-refractivity contribution in [3.05, 3.63) is 12.2 Å². The molecule has 7 atom stereocenters. The molecule has 2 aliphatic rings. The Morgan fingerprint density at radius 2 is 2.00 bits per heavy atom. The molecule has 28 heavy (non-hydrogen) atoms. The Labute approximate surface area is 169 Å². The van der Waals surface area contributed by atoms with E-state index in [0.29, 0.717) is 24.4 Å². The lowest BCUT2D eigenvalue weighted by molar-refractivity contribution is -0.187. The van der Waals surface area contributed by atoms with Crippen molar-refractivity contribution in [3.63, 3.8) is 0 Å². The maximum atomic E-state index is 11.5. The molecular formula is C22H38O6. The summed E-state index contributed by atoms with van der Waals surface area (Å²) in [6.45, 7) is 2.61. The lowest BCUT2D eigenvalue weighted by atomic mass is 9.89. The molecule has 2 saturated carbocycles. The van der Waals surface area contributed by atoms with Crippen LogP contribution in [-0.4, -0.2) is 55.5 Å². The van der Waals surface area contributed by atoms with Crippen LogP contribution in [0.2, 0.25) is 0 Å². The number of unbranched alkanes of at least 4 members (excludes halogenated alkanes) is 2. The summed E-state index contributed by atoms with van der Waals surface area (Å²) in [7, 11) is 2.74. The van der Waals surface area contributed by atoms with Crippen LogP contribution in [0.5, 0.6) is 0 Å². The summed E-state index contributed by atoms with van der Waals surface area (Å²) in [6, 6.07) is 0. The fraction of sp³-hybridized carbons (Fsp3) is 0.864. The van der Waals surface area contributed by atoms with Crippen molar-refractivity contribution in [2.24, 2.45) is 23.7 Å². The minimum absolute atomic E-state index is 0.138. The van der Waals surface area contributed by atoms with Gasteiger partial charge in [0, 0.05) is 13.0 Å². The second kappa shape index (κ2) is 11.9. The number of aliphatic hydroxyl groups is 2. The lowest BCUT2D eigenvalue weighted by Gasteiger charge is -2.20. The van der Waals surface area contributed by atoms with Gasteiger partial charge in [-0.1, -0.05) is 38.3 Å². The number of rotatable bonds is 12. The van der Waals surface area contributed by atoms with E-state index in [1.54, 1.807) is 0 Å². The highest BCUT2D eigenvalue weighted by molar-refractivity contribution is 5.72. The summed E-state index contributed by atoms with van der Waals surface area (Å²) in [6.07, 6.45) is 10.3. The summed E-state index contributed by atoms with van der Waals surface area (Å²) in [5.41, 5.74) is 0. The lowest BCUT2D eigenvalue weighted by Crippen LogP contribution is -2.28. The normalized spacial score (nSPS) is 31.8. The Hall–Kier alpha value is -0.950. The molecule has 6 nitrogen and oxygen atoms in total. The van der Waals surface area contributed by atoms with Gasteiger partial charge in [-0.3, -0.25) is 0 Å². The Bertz CT molecular complexity index is 493. The number of ether oxygens (including phenoxy) is 3. The Kier molecular flexibility index (Phi) is 9.92. The van der Waals surface area contributed by atoms with Crippen molar-refractivity contribution < 1.29 is 29.2 Å². The molecule has 0 saturated heterocycles. The fourth-order valence-electron chi connectivity index (χ4n) is 4.90. The predicted octanol–water partition coefficient (Wildman–Crippen LogP) is 3.06. The largest absolute Gasteiger partial charge is 0.465 e. The topological polar surface area (TPSA) is 85.2 Å². The highest BCUT2D eigenvalue weighted by Crippen LogP contribution is 2.51. The molecule has 6 heteroatoms. The monoisotopic (exact) mass is 398 g/mol. The molecule has 0 aliphatic heterocycles. The van der Waals surface area contributed by atoms with Crippen molar-refractivity contribution in [2.75, 3.05) is 20.8 Å². The summed E-state index contributed by atoms with van der Waals surface area (Å²) in [5.74, 6) is 1.15. The minimum Gasteiger partial charge on any atom is -0.465 e. The van der Waals surface area contributed by atoms with E-state index < -0.39 is 18.4 Å². The number of carbonyl (C=O) groups is 1. The fourth-order valence-corrected chi connectivity index (χ4v) is 4.90. The zero-order valence-corrected chi connectivity index (χ0v) is 17.6. The van der Waals surface area contributed by atoms with E-state index in [4.69, 9.17) is 9.47 Å². The molecule has 3 unspecified atom stereocenters. The van der Waals surface area contributed by atoms with Gasteiger partial charge in [-0.25, -0.2) is 4.79 Å². The second-order valence-corrected chi connectivity index (χ2v) is 8.34. The van der Waals surface area contributed by atoms with Crippen molar-refractivity contribution in [3.8, 4) is 0 Å². The zero-order chi connectivity index (χ0) is 20.5. The summed E-state index contributed by atoms with van der Waals surface area (Å²) in [4.78, 5) is 11.5. The molecule has 0 aromatic rings. The highest BCUT2D eigenvalue weighted by Gasteiger charge is 2.46. The number of esters is 1. The standard InChI is InChI=1S/C22H38O6/c1-4-5-6-7-17(23)8-9-18-19-13-15(12-16(19)14-20(18)24)10-11-28-22(27-3)21(25)26-2/h8-9,15-20,22-24H,4-7,10-14H2,1-3H3/t15?,16-,17?,18-,19+,20-,22?/m0/s1. The first-order valence-corrected chi connectivity index (χ1v) is 10.8. The molecule has 0 aromatic carbocycles.